The molecule has 0 aliphatic carbocycles. The molecule has 0 aromatic heterocycles. The number of rotatable bonds is 27. The number of carboxylic acids is 2. The van der Waals surface area contributed by atoms with E-state index in [0.717, 1.165) is 0 Å². The number of carboxylic acid groups (broad SMARTS) is 2. The topological polar surface area (TPSA) is 699 Å². The minimum atomic E-state index is -6.04. The SMILES string of the molecule is CO[C@@H]1[C@@H](OS(=O)(=O)O)[C@H](O[C@H]2[C@H](OS(=O)(=O)O)[C@@H](O)[C@@H](O[C@H]3[C@H](OC)[C@@H](OS(=O)(=O)O)[C@H](O[C@H]4[C@H](OS(=O)(=O)O)[C@@H](O)[C@@H](O)O[C@@H]4CO)O[C@H]3C(=O)O)O[C@@H]2CO)O[C@H](C(=O)O)[C@H]1O[C@H]1O[C@H](COS(=O)(=O)O)[C@@H](O)[C@H](OS(=O)(=O)O)[C@H]1O. The molecule has 46 nitrogen and oxygen atoms in total. The van der Waals surface area contributed by atoms with Gasteiger partial charge >= 0.3 is 74.3 Å². The van der Waals surface area contributed by atoms with Crippen LogP contribution in [-0.4, -0.2) is 323 Å². The molecule has 0 spiro atoms. The van der Waals surface area contributed by atoms with E-state index in [9.17, 15) is 129 Å². The van der Waals surface area contributed by atoms with E-state index in [1.54, 1.807) is 0 Å². The number of ether oxygens (including phenoxy) is 11. The highest BCUT2D eigenvalue weighted by atomic mass is 32.3. The largest absolute Gasteiger partial charge is 0.479 e. The molecule has 492 valence electrons. The van der Waals surface area contributed by atoms with Crippen molar-refractivity contribution >= 4 is 74.3 Å². The summed E-state index contributed by atoms with van der Waals surface area (Å²) in [6, 6.07) is 0. The summed E-state index contributed by atoms with van der Waals surface area (Å²) in [7, 11) is -33.6. The lowest BCUT2D eigenvalue weighted by molar-refractivity contribution is -0.385. The van der Waals surface area contributed by atoms with Crippen LogP contribution >= 0.6 is 0 Å². The van der Waals surface area contributed by atoms with E-state index in [2.05, 4.69) is 25.1 Å². The molecule has 25 atom stereocenters. The van der Waals surface area contributed by atoms with Crippen molar-refractivity contribution in [2.45, 2.75) is 154 Å². The fourth-order valence-corrected chi connectivity index (χ4v) is 11.6. The van der Waals surface area contributed by atoms with Gasteiger partial charge in [0.05, 0.1) is 19.8 Å². The molecule has 5 saturated heterocycles. The summed E-state index contributed by atoms with van der Waals surface area (Å²) in [5, 5.41) is 95.3. The quantitative estimate of drug-likeness (QED) is 0.0340. The van der Waals surface area contributed by atoms with E-state index >= 15 is 0 Å². The lowest BCUT2D eigenvalue weighted by Crippen LogP contribution is -2.69. The summed E-state index contributed by atoms with van der Waals surface area (Å²) in [5.41, 5.74) is 0. The molecule has 0 aromatic rings. The average molecular weight is 1370 g/mol. The minimum Gasteiger partial charge on any atom is -0.479 e. The standard InChI is InChI=1S/C32H52O46S6/c1-62-18-20(70-29-11(37)15(74-80(47,48)49)9(35)8(67-29)5-64-79(44,45)46)22(26(39)40)73-32(25(18)78-84(59,60)61)69-14-7(4-34)66-30(12(38)17(14)76-82(53,54)55)71-21-19(63-2)24(77-83(56,57)58)31(72-23(21)27(41)42)68-13-6(3-33)65-28(43)10(36)16(13)75-81(50,51)52/h6-25,28-38,43H,3-5H2,1-2H3,(H,39,40)(H,41,42)(H,44,45,46)(H,47,48,49)(H,50,51,52)(H,53,54,55)(H,56,57,58)(H,59,60,61)/t6-,7-,8-,9-,10-,11-,12-,13-,14-,15+,16-,17-,18+,19+,20+,21+,22+,23-,24-,25-,28+,29-,30-,31-,32-/m1/s1. The van der Waals surface area contributed by atoms with E-state index < -0.39 is 248 Å². The van der Waals surface area contributed by atoms with Crippen molar-refractivity contribution in [3.05, 3.63) is 0 Å². The molecule has 5 fully saturated rings. The van der Waals surface area contributed by atoms with Crippen molar-refractivity contribution in [3.8, 4) is 0 Å². The second-order valence-electron chi connectivity index (χ2n) is 17.5. The maximum atomic E-state index is 12.9. The fraction of sp³-hybridized carbons (Fsp3) is 0.938. The summed E-state index contributed by atoms with van der Waals surface area (Å²) < 4.78 is 286. The summed E-state index contributed by atoms with van der Waals surface area (Å²) >= 11 is 0. The van der Waals surface area contributed by atoms with Crippen molar-refractivity contribution in [2.24, 2.45) is 0 Å². The van der Waals surface area contributed by atoms with Gasteiger partial charge in [0, 0.05) is 14.2 Å². The van der Waals surface area contributed by atoms with Gasteiger partial charge < -0.3 is 98.1 Å². The van der Waals surface area contributed by atoms with Gasteiger partial charge in [-0.05, 0) is 0 Å². The van der Waals surface area contributed by atoms with E-state index in [-0.39, 0.29) is 0 Å². The smallest absolute Gasteiger partial charge is 0.397 e. The monoisotopic (exact) mass is 1360 g/mol. The van der Waals surface area contributed by atoms with Gasteiger partial charge in [-0.2, -0.15) is 50.5 Å². The second kappa shape index (κ2) is 28.1. The first-order valence-electron chi connectivity index (χ1n) is 22.3. The summed E-state index contributed by atoms with van der Waals surface area (Å²) in [6.45, 7) is -4.48. The zero-order valence-electron chi connectivity index (χ0n) is 41.4. The summed E-state index contributed by atoms with van der Waals surface area (Å²) in [5.74, 6) is -4.51. The molecule has 84 heavy (non-hydrogen) atoms. The molecule has 52 heteroatoms. The van der Waals surface area contributed by atoms with Crippen molar-refractivity contribution in [1.82, 2.24) is 0 Å². The van der Waals surface area contributed by atoms with Crippen molar-refractivity contribution in [2.75, 3.05) is 34.0 Å². The molecule has 0 saturated carbocycles. The Morgan fingerprint density at radius 3 is 1.04 bits per heavy atom. The van der Waals surface area contributed by atoms with Crippen molar-refractivity contribution in [3.63, 3.8) is 0 Å². The first kappa shape index (κ1) is 72.2. The maximum Gasteiger partial charge on any atom is 0.397 e. The molecule has 5 aliphatic heterocycles. The van der Waals surface area contributed by atoms with Gasteiger partial charge in [0.25, 0.3) is 0 Å². The molecule has 15 N–H and O–H groups in total. The highest BCUT2D eigenvalue weighted by Crippen LogP contribution is 2.40. The Morgan fingerprint density at radius 1 is 0.369 bits per heavy atom. The highest BCUT2D eigenvalue weighted by molar-refractivity contribution is 7.82. The normalized spacial score (nSPS) is 40.5. The van der Waals surface area contributed by atoms with E-state index in [1.807, 2.05) is 0 Å². The van der Waals surface area contributed by atoms with E-state index in [4.69, 9.17) is 56.7 Å². The Hall–Kier alpha value is -2.56. The number of hydrogen-bond donors (Lipinski definition) is 15. The number of aliphatic hydroxyl groups is 7. The first-order chi connectivity index (χ1) is 38.4. The van der Waals surface area contributed by atoms with Gasteiger partial charge in [-0.1, -0.05) is 0 Å². The molecule has 0 aromatic carbocycles. The molecule has 5 heterocycles. The van der Waals surface area contributed by atoms with Crippen LogP contribution < -0.4 is 0 Å². The van der Waals surface area contributed by atoms with Crippen molar-refractivity contribution < 1.29 is 211 Å². The van der Waals surface area contributed by atoms with Crippen LogP contribution in [0, 0.1) is 0 Å². The highest BCUT2D eigenvalue weighted by Gasteiger charge is 2.62. The first-order valence-corrected chi connectivity index (χ1v) is 30.5. The molecular weight excluding hydrogens is 1310 g/mol. The minimum absolute atomic E-state index is 0.585. The van der Waals surface area contributed by atoms with E-state index in [1.165, 1.54) is 0 Å². The van der Waals surface area contributed by atoms with Crippen LogP contribution in [0.15, 0.2) is 0 Å². The fourth-order valence-electron chi connectivity index (χ4n) is 8.77. The molecule has 0 radical (unpaired) electrons. The van der Waals surface area contributed by atoms with Gasteiger partial charge in [-0.25, -0.2) is 34.7 Å². The second-order valence-corrected chi connectivity index (χ2v) is 23.8. The van der Waals surface area contributed by atoms with Crippen LogP contribution in [0.4, 0.5) is 0 Å². The van der Waals surface area contributed by atoms with Gasteiger partial charge in [-0.3, -0.25) is 27.3 Å². The van der Waals surface area contributed by atoms with Crippen LogP contribution in [0.3, 0.4) is 0 Å². The van der Waals surface area contributed by atoms with Crippen LogP contribution in [0.1, 0.15) is 0 Å². The molecule has 0 amide bonds. The average Bonchev–Trinajstić information content (AvgIpc) is 3.51. The molecule has 0 bridgehead atoms. The molecule has 5 aliphatic rings. The summed E-state index contributed by atoms with van der Waals surface area (Å²) in [4.78, 5) is 25.8. The number of aliphatic hydroxyl groups excluding tert-OH is 7. The Bertz CT molecular complexity index is 2950. The van der Waals surface area contributed by atoms with Gasteiger partial charge in [0.15, 0.2) is 55.9 Å². The Labute approximate surface area is 470 Å². The lowest BCUT2D eigenvalue weighted by Gasteiger charge is -2.50. The number of aliphatic carboxylic acids is 2. The van der Waals surface area contributed by atoms with Crippen LogP contribution in [0.25, 0.3) is 0 Å². The number of carbonyl (C=O) groups is 2. The third-order valence-corrected chi connectivity index (χ3v) is 14.7. The predicted octanol–water partition coefficient (Wildman–Crippen LogP) is -11.5. The molecule has 0 unspecified atom stereocenters. The molecule has 5 rings (SSSR count). The number of hydrogen-bond acceptors (Lipinski definition) is 38. The third kappa shape index (κ3) is 19.0. The molecular formula is C32H52O46S6. The van der Waals surface area contributed by atoms with E-state index in [0.29, 0.717) is 14.2 Å². The maximum absolute atomic E-state index is 12.9. The van der Waals surface area contributed by atoms with Crippen molar-refractivity contribution in [1.29, 1.82) is 0 Å². The number of methoxy groups -OCH3 is 2. The predicted molar refractivity (Wildman–Crippen MR) is 240 cm³/mol. The Morgan fingerprint density at radius 2 is 0.690 bits per heavy atom. The lowest BCUT2D eigenvalue weighted by atomic mass is 9.95. The van der Waals surface area contributed by atoms with Gasteiger partial charge in [0.2, 0.25) is 0 Å². The van der Waals surface area contributed by atoms with Crippen LogP contribution in [0.2, 0.25) is 0 Å². The van der Waals surface area contributed by atoms with Crippen LogP contribution in [-0.2, 0) is 149 Å². The Balaban J connectivity index is 1.54. The third-order valence-electron chi connectivity index (χ3n) is 12.0. The zero-order chi connectivity index (χ0) is 63.7. The van der Waals surface area contributed by atoms with Gasteiger partial charge in [-0.15, -0.1) is 0 Å². The van der Waals surface area contributed by atoms with Gasteiger partial charge in [0.1, 0.15) is 97.7 Å². The van der Waals surface area contributed by atoms with Crippen LogP contribution in [0.5, 0.6) is 0 Å². The Kier molecular flexibility index (Phi) is 24.1. The summed E-state index contributed by atoms with van der Waals surface area (Å²) in [6.07, 6.45) is -66.5. The zero-order valence-corrected chi connectivity index (χ0v) is 46.3.